The maximum absolute atomic E-state index is 12.4. The first-order valence-corrected chi connectivity index (χ1v) is 8.81. The summed E-state index contributed by atoms with van der Waals surface area (Å²) in [7, 11) is 0. The van der Waals surface area contributed by atoms with E-state index in [0.29, 0.717) is 19.6 Å². The highest BCUT2D eigenvalue weighted by Crippen LogP contribution is 2.14. The molecule has 1 N–H and O–H groups in total. The van der Waals surface area contributed by atoms with E-state index in [-0.39, 0.29) is 5.91 Å². The van der Waals surface area contributed by atoms with Gasteiger partial charge in [0.2, 0.25) is 5.91 Å². The van der Waals surface area contributed by atoms with Crippen LogP contribution in [0.2, 0.25) is 0 Å². The number of piperazine rings is 1. The Balaban J connectivity index is 1.73. The molecule has 0 radical (unpaired) electrons. The number of aliphatic hydroxyl groups is 1. The Hall–Kier alpha value is -1.59. The lowest BCUT2D eigenvalue weighted by molar-refractivity contribution is -0.133. The molecule has 24 heavy (non-hydrogen) atoms. The summed E-state index contributed by atoms with van der Waals surface area (Å²) in [6.45, 7) is 10.1. The van der Waals surface area contributed by atoms with Crippen LogP contribution in [0.4, 0.5) is 0 Å². The molecular weight excluding hydrogens is 304 g/mol. The van der Waals surface area contributed by atoms with Gasteiger partial charge in [0.25, 0.3) is 0 Å². The van der Waals surface area contributed by atoms with Crippen molar-refractivity contribution in [3.05, 3.63) is 29.8 Å². The van der Waals surface area contributed by atoms with Gasteiger partial charge in [-0.25, -0.2) is 0 Å². The Morgan fingerprint density at radius 1 is 1.17 bits per heavy atom. The molecule has 0 atom stereocenters. The molecule has 1 fully saturated rings. The third-order valence-corrected chi connectivity index (χ3v) is 4.20. The van der Waals surface area contributed by atoms with E-state index in [1.165, 1.54) is 0 Å². The first kappa shape index (κ1) is 18.7. The van der Waals surface area contributed by atoms with Gasteiger partial charge in [-0.1, -0.05) is 12.1 Å². The third-order valence-electron chi connectivity index (χ3n) is 4.20. The molecule has 1 aromatic rings. The first-order valence-electron chi connectivity index (χ1n) is 8.81. The van der Waals surface area contributed by atoms with Gasteiger partial charge in [0, 0.05) is 39.1 Å². The van der Waals surface area contributed by atoms with Crippen LogP contribution in [0, 0.1) is 0 Å². The van der Waals surface area contributed by atoms with E-state index in [0.717, 1.165) is 43.9 Å². The van der Waals surface area contributed by atoms with E-state index in [9.17, 15) is 9.90 Å². The molecule has 5 nitrogen and oxygen atoms in total. The second kappa shape index (κ2) is 8.49. The van der Waals surface area contributed by atoms with Crippen LogP contribution in [0.1, 0.15) is 32.8 Å². The highest BCUT2D eigenvalue weighted by Gasteiger charge is 2.24. The van der Waals surface area contributed by atoms with Crippen LogP contribution in [0.5, 0.6) is 5.75 Å². The number of nitrogens with zero attached hydrogens (tertiary/aromatic N) is 2. The van der Waals surface area contributed by atoms with Crippen LogP contribution >= 0.6 is 0 Å². The lowest BCUT2D eigenvalue weighted by Crippen LogP contribution is -2.52. The van der Waals surface area contributed by atoms with Crippen LogP contribution in [-0.2, 0) is 11.2 Å². The number of amides is 1. The number of hydrogen-bond acceptors (Lipinski definition) is 4. The molecule has 2 rings (SSSR count). The Labute approximate surface area is 145 Å². The maximum Gasteiger partial charge on any atom is 0.222 e. The van der Waals surface area contributed by atoms with Gasteiger partial charge >= 0.3 is 0 Å². The number of benzene rings is 1. The average Bonchev–Trinajstić information content (AvgIpc) is 2.53. The predicted octanol–water partition coefficient (Wildman–Crippen LogP) is 1.93. The van der Waals surface area contributed by atoms with Crippen LogP contribution in [0.15, 0.2) is 24.3 Å². The molecule has 0 bridgehead atoms. The quantitative estimate of drug-likeness (QED) is 0.828. The minimum Gasteiger partial charge on any atom is -0.494 e. The average molecular weight is 334 g/mol. The van der Waals surface area contributed by atoms with Crippen LogP contribution in [0.25, 0.3) is 0 Å². The lowest BCUT2D eigenvalue weighted by Gasteiger charge is -2.37. The van der Waals surface area contributed by atoms with E-state index < -0.39 is 5.60 Å². The molecule has 0 aromatic heterocycles. The van der Waals surface area contributed by atoms with Gasteiger partial charge in [0.1, 0.15) is 5.75 Å². The van der Waals surface area contributed by atoms with Crippen molar-refractivity contribution in [2.24, 2.45) is 0 Å². The number of carbonyl (C=O) groups excluding carboxylic acids is 1. The van der Waals surface area contributed by atoms with Gasteiger partial charge in [-0.05, 0) is 44.9 Å². The normalized spacial score (nSPS) is 16.2. The molecule has 1 saturated heterocycles. The number of β-amino-alcohol motifs (C(OH)–C–C–N with tert-alkyl or cyclic N) is 1. The minimum absolute atomic E-state index is 0.215. The van der Waals surface area contributed by atoms with E-state index in [1.54, 1.807) is 0 Å². The molecule has 1 heterocycles. The van der Waals surface area contributed by atoms with E-state index in [2.05, 4.69) is 4.90 Å². The zero-order valence-corrected chi connectivity index (χ0v) is 15.1. The molecule has 0 spiro atoms. The molecule has 134 valence electrons. The highest BCUT2D eigenvalue weighted by atomic mass is 16.5. The molecule has 1 aromatic carbocycles. The van der Waals surface area contributed by atoms with Crippen LogP contribution in [0.3, 0.4) is 0 Å². The second-order valence-electron chi connectivity index (χ2n) is 7.05. The van der Waals surface area contributed by atoms with Gasteiger partial charge in [-0.2, -0.15) is 0 Å². The number of rotatable bonds is 7. The van der Waals surface area contributed by atoms with Crippen molar-refractivity contribution in [2.45, 2.75) is 39.2 Å². The third kappa shape index (κ3) is 6.13. The molecule has 0 saturated carbocycles. The standard InChI is InChI=1S/C19H30N2O3/c1-4-24-17-8-5-16(6-9-17)7-10-18(22)21-13-11-20(12-14-21)15-19(2,3)23/h5-6,8-9,23H,4,7,10-15H2,1-3H3. The predicted molar refractivity (Wildman–Crippen MR) is 95.2 cm³/mol. The molecular formula is C19H30N2O3. The Bertz CT molecular complexity index is 514. The summed E-state index contributed by atoms with van der Waals surface area (Å²) in [5, 5.41) is 9.88. The largest absolute Gasteiger partial charge is 0.494 e. The summed E-state index contributed by atoms with van der Waals surface area (Å²) < 4.78 is 5.43. The molecule has 1 amide bonds. The van der Waals surface area contributed by atoms with Gasteiger partial charge in [-0.15, -0.1) is 0 Å². The number of aryl methyl sites for hydroxylation is 1. The van der Waals surface area contributed by atoms with Crippen molar-refractivity contribution >= 4 is 5.91 Å². The fourth-order valence-corrected chi connectivity index (χ4v) is 3.03. The molecule has 5 heteroatoms. The molecule has 0 aliphatic carbocycles. The molecule has 0 unspecified atom stereocenters. The number of carbonyl (C=O) groups is 1. The van der Waals surface area contributed by atoms with Crippen molar-refractivity contribution < 1.29 is 14.6 Å². The number of hydrogen-bond donors (Lipinski definition) is 1. The van der Waals surface area contributed by atoms with Gasteiger partial charge < -0.3 is 14.7 Å². The highest BCUT2D eigenvalue weighted by molar-refractivity contribution is 5.76. The van der Waals surface area contributed by atoms with Crippen molar-refractivity contribution in [3.63, 3.8) is 0 Å². The molecule has 1 aliphatic heterocycles. The van der Waals surface area contributed by atoms with Crippen molar-refractivity contribution in [1.29, 1.82) is 0 Å². The SMILES string of the molecule is CCOc1ccc(CCC(=O)N2CCN(CC(C)(C)O)CC2)cc1. The topological polar surface area (TPSA) is 53.0 Å². The smallest absolute Gasteiger partial charge is 0.222 e. The van der Waals surface area contributed by atoms with E-state index in [1.807, 2.05) is 49.9 Å². The zero-order chi connectivity index (χ0) is 17.6. The van der Waals surface area contributed by atoms with E-state index in [4.69, 9.17) is 4.74 Å². The van der Waals surface area contributed by atoms with Gasteiger partial charge in [0.05, 0.1) is 12.2 Å². The molecule has 1 aliphatic rings. The number of ether oxygens (including phenoxy) is 1. The fraction of sp³-hybridized carbons (Fsp3) is 0.632. The van der Waals surface area contributed by atoms with Crippen molar-refractivity contribution in [1.82, 2.24) is 9.80 Å². The lowest BCUT2D eigenvalue weighted by atomic mass is 10.1. The fourth-order valence-electron chi connectivity index (χ4n) is 3.03. The monoisotopic (exact) mass is 334 g/mol. The van der Waals surface area contributed by atoms with E-state index >= 15 is 0 Å². The van der Waals surface area contributed by atoms with Crippen LogP contribution in [-0.4, -0.2) is 65.7 Å². The first-order chi connectivity index (χ1) is 11.4. The van der Waals surface area contributed by atoms with Gasteiger partial charge in [-0.3, -0.25) is 9.69 Å². The van der Waals surface area contributed by atoms with Crippen molar-refractivity contribution in [3.8, 4) is 5.75 Å². The maximum atomic E-state index is 12.4. The van der Waals surface area contributed by atoms with Crippen LogP contribution < -0.4 is 4.74 Å². The minimum atomic E-state index is -0.681. The Kier molecular flexibility index (Phi) is 6.63. The summed E-state index contributed by atoms with van der Waals surface area (Å²) in [6.07, 6.45) is 1.30. The summed E-state index contributed by atoms with van der Waals surface area (Å²) in [4.78, 5) is 16.5. The summed E-state index contributed by atoms with van der Waals surface area (Å²) in [6, 6.07) is 7.97. The summed E-state index contributed by atoms with van der Waals surface area (Å²) in [5.74, 6) is 1.09. The second-order valence-corrected chi connectivity index (χ2v) is 7.05. The summed E-state index contributed by atoms with van der Waals surface area (Å²) in [5.41, 5.74) is 0.479. The zero-order valence-electron chi connectivity index (χ0n) is 15.1. The van der Waals surface area contributed by atoms with Gasteiger partial charge in [0.15, 0.2) is 0 Å². The van der Waals surface area contributed by atoms with Crippen molar-refractivity contribution in [2.75, 3.05) is 39.3 Å². The Morgan fingerprint density at radius 2 is 1.79 bits per heavy atom. The summed E-state index contributed by atoms with van der Waals surface area (Å²) >= 11 is 0. The Morgan fingerprint density at radius 3 is 2.33 bits per heavy atom.